The zero-order valence-corrected chi connectivity index (χ0v) is 19.0. The van der Waals surface area contributed by atoms with E-state index in [0.717, 1.165) is 19.0 Å². The molecule has 1 atom stereocenters. The van der Waals surface area contributed by atoms with Gasteiger partial charge in [-0.05, 0) is 65.5 Å². The van der Waals surface area contributed by atoms with E-state index in [1.54, 1.807) is 0 Å². The molecule has 0 aliphatic heterocycles. The highest BCUT2D eigenvalue weighted by Crippen LogP contribution is 2.21. The van der Waals surface area contributed by atoms with Gasteiger partial charge in [-0.15, -0.1) is 24.0 Å². The fourth-order valence-electron chi connectivity index (χ4n) is 2.10. The topological polar surface area (TPSA) is 39.7 Å². The van der Waals surface area contributed by atoms with Crippen molar-refractivity contribution in [1.82, 2.24) is 15.5 Å². The molecule has 0 radical (unpaired) electrons. The molecule has 0 spiro atoms. The van der Waals surface area contributed by atoms with Gasteiger partial charge in [0.2, 0.25) is 0 Å². The summed E-state index contributed by atoms with van der Waals surface area (Å²) in [6.45, 7) is 15.7. The maximum absolute atomic E-state index is 4.32. The van der Waals surface area contributed by atoms with Crippen molar-refractivity contribution < 1.29 is 0 Å². The van der Waals surface area contributed by atoms with Gasteiger partial charge in [-0.25, -0.2) is 0 Å². The van der Waals surface area contributed by atoms with Crippen molar-refractivity contribution in [2.75, 3.05) is 27.2 Å². The predicted molar refractivity (Wildman–Crippen MR) is 115 cm³/mol. The lowest BCUT2D eigenvalue weighted by Crippen LogP contribution is -2.42. The Kier molecular flexibility index (Phi) is 14.5. The average Bonchev–Trinajstić information content (AvgIpc) is 2.42. The smallest absolute Gasteiger partial charge is 0.191 e. The number of unbranched alkanes of at least 4 members (excludes halogenated alkanes) is 1. The lowest BCUT2D eigenvalue weighted by atomic mass is 9.89. The first-order valence-corrected chi connectivity index (χ1v) is 8.83. The van der Waals surface area contributed by atoms with Crippen molar-refractivity contribution in [3.63, 3.8) is 0 Å². The van der Waals surface area contributed by atoms with E-state index in [0.29, 0.717) is 17.5 Å². The molecule has 0 heterocycles. The molecule has 0 fully saturated rings. The van der Waals surface area contributed by atoms with Gasteiger partial charge in [-0.3, -0.25) is 4.99 Å². The Morgan fingerprint density at radius 3 is 2.22 bits per heavy atom. The van der Waals surface area contributed by atoms with Crippen LogP contribution in [0.3, 0.4) is 0 Å². The SMILES string of the molecule is CN=C(NCCCCN(C)C(C)C)NC(C)CCC(C)(C)C.I. The highest BCUT2D eigenvalue weighted by molar-refractivity contribution is 14.0. The number of rotatable bonds is 9. The summed E-state index contributed by atoms with van der Waals surface area (Å²) in [4.78, 5) is 6.71. The highest BCUT2D eigenvalue weighted by Gasteiger charge is 2.13. The van der Waals surface area contributed by atoms with Gasteiger partial charge in [0.25, 0.3) is 0 Å². The van der Waals surface area contributed by atoms with E-state index in [1.807, 2.05) is 7.05 Å². The summed E-state index contributed by atoms with van der Waals surface area (Å²) in [6, 6.07) is 1.09. The minimum Gasteiger partial charge on any atom is -0.356 e. The minimum atomic E-state index is 0. The van der Waals surface area contributed by atoms with E-state index in [2.05, 4.69) is 69.1 Å². The molecule has 0 amide bonds. The van der Waals surface area contributed by atoms with Gasteiger partial charge in [-0.1, -0.05) is 20.8 Å². The number of hydrogen-bond acceptors (Lipinski definition) is 2. The van der Waals surface area contributed by atoms with E-state index < -0.39 is 0 Å². The number of nitrogens with zero attached hydrogens (tertiary/aromatic N) is 2. The summed E-state index contributed by atoms with van der Waals surface area (Å²) in [6.07, 6.45) is 4.79. The largest absolute Gasteiger partial charge is 0.356 e. The molecule has 4 nitrogen and oxygen atoms in total. The Bertz CT molecular complexity index is 311. The number of guanidine groups is 1. The number of hydrogen-bond donors (Lipinski definition) is 2. The minimum absolute atomic E-state index is 0. The third kappa shape index (κ3) is 15.2. The van der Waals surface area contributed by atoms with Crippen LogP contribution in [0.25, 0.3) is 0 Å². The van der Waals surface area contributed by atoms with Crippen LogP contribution in [-0.4, -0.2) is 50.1 Å². The lowest BCUT2D eigenvalue weighted by molar-refractivity contribution is 0.268. The number of halogens is 1. The molecule has 1 unspecified atom stereocenters. The van der Waals surface area contributed by atoms with E-state index in [1.165, 1.54) is 25.7 Å². The number of nitrogens with one attached hydrogen (secondary N) is 2. The standard InChI is InChI=1S/C18H40N4.HI/c1-15(2)22(8)14-10-9-13-20-17(19-7)21-16(3)11-12-18(4,5)6;/h15-16H,9-14H2,1-8H3,(H2,19,20,21);1H. The number of aliphatic imine (C=N–C) groups is 1. The van der Waals surface area contributed by atoms with Crippen LogP contribution in [0, 0.1) is 5.41 Å². The van der Waals surface area contributed by atoms with Crippen molar-refractivity contribution >= 4 is 29.9 Å². The van der Waals surface area contributed by atoms with E-state index >= 15 is 0 Å². The van der Waals surface area contributed by atoms with Crippen LogP contribution < -0.4 is 10.6 Å². The molecular weight excluding hydrogens is 399 g/mol. The van der Waals surface area contributed by atoms with Gasteiger partial charge in [-0.2, -0.15) is 0 Å². The van der Waals surface area contributed by atoms with Gasteiger partial charge in [0, 0.05) is 25.7 Å². The van der Waals surface area contributed by atoms with E-state index in [4.69, 9.17) is 0 Å². The van der Waals surface area contributed by atoms with Gasteiger partial charge in [0.1, 0.15) is 0 Å². The van der Waals surface area contributed by atoms with Crippen LogP contribution in [0.1, 0.15) is 67.2 Å². The van der Waals surface area contributed by atoms with Crippen LogP contribution >= 0.6 is 24.0 Å². The van der Waals surface area contributed by atoms with Gasteiger partial charge in [0.05, 0.1) is 0 Å². The summed E-state index contributed by atoms with van der Waals surface area (Å²) in [7, 11) is 4.04. The molecule has 0 aliphatic carbocycles. The zero-order valence-electron chi connectivity index (χ0n) is 16.7. The molecule has 0 bridgehead atoms. The Morgan fingerprint density at radius 2 is 1.74 bits per heavy atom. The molecule has 0 aromatic carbocycles. The van der Waals surface area contributed by atoms with Crippen molar-refractivity contribution in [1.29, 1.82) is 0 Å². The molecule has 0 rings (SSSR count). The average molecular weight is 440 g/mol. The van der Waals surface area contributed by atoms with Gasteiger partial charge < -0.3 is 15.5 Å². The molecule has 0 aliphatic rings. The van der Waals surface area contributed by atoms with Crippen LogP contribution in [0.15, 0.2) is 4.99 Å². The second kappa shape index (κ2) is 13.3. The van der Waals surface area contributed by atoms with Crippen molar-refractivity contribution in [2.45, 2.75) is 79.3 Å². The predicted octanol–water partition coefficient (Wildman–Crippen LogP) is 4.10. The van der Waals surface area contributed by atoms with E-state index in [-0.39, 0.29) is 24.0 Å². The first-order chi connectivity index (χ1) is 10.2. The summed E-state index contributed by atoms with van der Waals surface area (Å²) in [5.74, 6) is 0.929. The first kappa shape index (κ1) is 25.2. The van der Waals surface area contributed by atoms with Gasteiger partial charge >= 0.3 is 0 Å². The van der Waals surface area contributed by atoms with Crippen LogP contribution in [0.4, 0.5) is 0 Å². The fraction of sp³-hybridized carbons (Fsp3) is 0.944. The molecule has 0 saturated heterocycles. The quantitative estimate of drug-likeness (QED) is 0.245. The fourth-order valence-corrected chi connectivity index (χ4v) is 2.10. The molecule has 0 saturated carbocycles. The molecule has 5 heteroatoms. The Morgan fingerprint density at radius 1 is 1.13 bits per heavy atom. The maximum Gasteiger partial charge on any atom is 0.191 e. The van der Waals surface area contributed by atoms with Crippen LogP contribution in [0.2, 0.25) is 0 Å². The third-order valence-electron chi connectivity index (χ3n) is 4.05. The Labute approximate surface area is 162 Å². The summed E-state index contributed by atoms with van der Waals surface area (Å²) in [5.41, 5.74) is 0.398. The zero-order chi connectivity index (χ0) is 17.2. The van der Waals surface area contributed by atoms with Crippen LogP contribution in [-0.2, 0) is 0 Å². The molecular formula is C18H41IN4. The van der Waals surface area contributed by atoms with Crippen LogP contribution in [0.5, 0.6) is 0 Å². The second-order valence-corrected chi connectivity index (χ2v) is 7.93. The molecule has 2 N–H and O–H groups in total. The molecule has 0 aromatic heterocycles. The first-order valence-electron chi connectivity index (χ1n) is 8.83. The Balaban J connectivity index is 0. The molecule has 23 heavy (non-hydrogen) atoms. The normalized spacial score (nSPS) is 13.9. The Hall–Kier alpha value is -0.0400. The second-order valence-electron chi connectivity index (χ2n) is 7.93. The van der Waals surface area contributed by atoms with E-state index in [9.17, 15) is 0 Å². The summed E-state index contributed by atoms with van der Waals surface area (Å²) in [5, 5.41) is 6.91. The van der Waals surface area contributed by atoms with Crippen molar-refractivity contribution in [2.24, 2.45) is 10.4 Å². The van der Waals surface area contributed by atoms with Crippen molar-refractivity contribution in [3.8, 4) is 0 Å². The molecule has 0 aromatic rings. The molecule has 140 valence electrons. The highest BCUT2D eigenvalue weighted by atomic mass is 127. The van der Waals surface area contributed by atoms with Crippen molar-refractivity contribution in [3.05, 3.63) is 0 Å². The summed E-state index contributed by atoms with van der Waals surface area (Å²) >= 11 is 0. The van der Waals surface area contributed by atoms with Gasteiger partial charge in [0.15, 0.2) is 5.96 Å². The monoisotopic (exact) mass is 440 g/mol. The third-order valence-corrected chi connectivity index (χ3v) is 4.05. The lowest BCUT2D eigenvalue weighted by Gasteiger charge is -2.23. The maximum atomic E-state index is 4.32. The summed E-state index contributed by atoms with van der Waals surface area (Å²) < 4.78 is 0.